The highest BCUT2D eigenvalue weighted by atomic mass is 35.5. The van der Waals surface area contributed by atoms with Crippen LogP contribution in [0.1, 0.15) is 11.6 Å². The van der Waals surface area contributed by atoms with Crippen molar-refractivity contribution in [3.63, 3.8) is 0 Å². The fourth-order valence-electron chi connectivity index (χ4n) is 2.74. The molecular formula is C21H27ClF3N5O3. The van der Waals surface area contributed by atoms with Crippen LogP contribution >= 0.6 is 11.6 Å². The van der Waals surface area contributed by atoms with E-state index in [-0.39, 0.29) is 13.2 Å². The van der Waals surface area contributed by atoms with E-state index in [1.807, 2.05) is 35.6 Å². The average Bonchev–Trinajstić information content (AvgIpc) is 3.20. The van der Waals surface area contributed by atoms with E-state index in [0.717, 1.165) is 9.92 Å². The van der Waals surface area contributed by atoms with Gasteiger partial charge in [-0.2, -0.15) is 13.2 Å². The van der Waals surface area contributed by atoms with Crippen molar-refractivity contribution in [3.05, 3.63) is 59.2 Å². The number of benzene rings is 1. The summed E-state index contributed by atoms with van der Waals surface area (Å²) in [6, 6.07) is 9.53. The summed E-state index contributed by atoms with van der Waals surface area (Å²) in [4.78, 5) is 26.1. The SMILES string of the molecule is CNc1cc(C(COC)N2CC(C(F)(F)F)NC2=O)ccn1.Clc1ccccc1.NCC=O. The Balaban J connectivity index is 0.000000406. The molecule has 1 aliphatic heterocycles. The number of urea groups is 1. The maximum Gasteiger partial charge on any atom is 0.410 e. The molecule has 3 rings (SSSR count). The number of aldehydes is 1. The van der Waals surface area contributed by atoms with Gasteiger partial charge in [-0.25, -0.2) is 9.78 Å². The first-order valence-corrected chi connectivity index (χ1v) is 10.2. The number of ether oxygens (including phenoxy) is 1. The van der Waals surface area contributed by atoms with E-state index in [2.05, 4.69) is 16.0 Å². The second-order valence-corrected chi connectivity index (χ2v) is 7.03. The van der Waals surface area contributed by atoms with E-state index in [9.17, 15) is 18.0 Å². The summed E-state index contributed by atoms with van der Waals surface area (Å²) < 4.78 is 43.4. The van der Waals surface area contributed by atoms with Gasteiger partial charge in [0.2, 0.25) is 0 Å². The Bertz CT molecular complexity index is 859. The van der Waals surface area contributed by atoms with Crippen LogP contribution in [0.5, 0.6) is 0 Å². The first kappa shape index (κ1) is 28.1. The van der Waals surface area contributed by atoms with Crippen LogP contribution in [0.3, 0.4) is 0 Å². The Labute approximate surface area is 195 Å². The fraction of sp³-hybridized carbons (Fsp3) is 0.381. The molecule has 2 atom stereocenters. The number of anilines is 1. The van der Waals surface area contributed by atoms with Gasteiger partial charge in [-0.3, -0.25) is 0 Å². The van der Waals surface area contributed by atoms with E-state index in [0.29, 0.717) is 17.7 Å². The summed E-state index contributed by atoms with van der Waals surface area (Å²) >= 11 is 5.54. The molecule has 2 aromatic rings. The molecule has 1 fully saturated rings. The van der Waals surface area contributed by atoms with Crippen LogP contribution in [0.2, 0.25) is 5.02 Å². The lowest BCUT2D eigenvalue weighted by Crippen LogP contribution is -2.40. The summed E-state index contributed by atoms with van der Waals surface area (Å²) in [7, 11) is 3.11. The van der Waals surface area contributed by atoms with E-state index >= 15 is 0 Å². The number of hydrogen-bond donors (Lipinski definition) is 3. The van der Waals surface area contributed by atoms with Gasteiger partial charge in [0.05, 0.1) is 19.2 Å². The zero-order chi connectivity index (χ0) is 24.9. The topological polar surface area (TPSA) is 110 Å². The molecule has 1 saturated heterocycles. The van der Waals surface area contributed by atoms with Crippen LogP contribution in [0.15, 0.2) is 48.7 Å². The van der Waals surface area contributed by atoms with E-state index in [1.54, 1.807) is 19.2 Å². The zero-order valence-electron chi connectivity index (χ0n) is 18.2. The van der Waals surface area contributed by atoms with Gasteiger partial charge in [-0.15, -0.1) is 0 Å². The lowest BCUT2D eigenvalue weighted by atomic mass is 10.1. The fourth-order valence-corrected chi connectivity index (χ4v) is 2.89. The van der Waals surface area contributed by atoms with E-state index in [1.165, 1.54) is 13.3 Å². The summed E-state index contributed by atoms with van der Waals surface area (Å²) in [6.07, 6.45) is -2.30. The van der Waals surface area contributed by atoms with Crippen molar-refractivity contribution in [3.8, 4) is 0 Å². The normalized spacial score (nSPS) is 15.9. The Morgan fingerprint density at radius 3 is 2.42 bits per heavy atom. The molecule has 33 heavy (non-hydrogen) atoms. The summed E-state index contributed by atoms with van der Waals surface area (Å²) in [5, 5.41) is 5.60. The largest absolute Gasteiger partial charge is 0.410 e. The number of nitrogens with zero attached hydrogens (tertiary/aromatic N) is 2. The zero-order valence-corrected chi connectivity index (χ0v) is 18.9. The molecular weight excluding hydrogens is 463 g/mol. The van der Waals surface area contributed by atoms with Gasteiger partial charge >= 0.3 is 12.2 Å². The first-order chi connectivity index (χ1) is 15.7. The number of halogens is 4. The number of alkyl halides is 3. The quantitative estimate of drug-likeness (QED) is 0.537. The molecule has 8 nitrogen and oxygen atoms in total. The molecule has 0 spiro atoms. The number of nitrogens with two attached hydrogens (primary N) is 1. The van der Waals surface area contributed by atoms with Gasteiger partial charge in [0, 0.05) is 31.9 Å². The second-order valence-electron chi connectivity index (χ2n) is 6.59. The molecule has 1 aromatic heterocycles. The number of nitrogens with one attached hydrogen (secondary N) is 2. The standard InChI is InChI=1S/C13H17F3N4O2.C6H5Cl.C2H5NO/c1-17-11-5-8(3-4-18-11)9(7-22-2)20-6-10(13(14,15)16)19-12(20)21;7-6-4-2-1-3-5-6;3-1-2-4/h3-5,9-10H,6-7H2,1-2H3,(H,17,18)(H,19,21);1-5H;2H,1,3H2. The molecule has 0 aliphatic carbocycles. The highest BCUT2D eigenvalue weighted by molar-refractivity contribution is 6.30. The maximum atomic E-state index is 12.8. The third-order valence-electron chi connectivity index (χ3n) is 4.29. The van der Waals surface area contributed by atoms with Crippen molar-refractivity contribution in [2.75, 3.05) is 39.2 Å². The predicted molar refractivity (Wildman–Crippen MR) is 120 cm³/mol. The molecule has 1 aromatic carbocycles. The maximum absolute atomic E-state index is 12.8. The van der Waals surface area contributed by atoms with Gasteiger partial charge in [-0.1, -0.05) is 29.8 Å². The minimum absolute atomic E-state index is 0.0885. The summed E-state index contributed by atoms with van der Waals surface area (Å²) in [5.41, 5.74) is 5.31. The monoisotopic (exact) mass is 489 g/mol. The smallest absolute Gasteiger partial charge is 0.382 e. The minimum atomic E-state index is -4.48. The molecule has 12 heteroatoms. The predicted octanol–water partition coefficient (Wildman–Crippen LogP) is 3.25. The van der Waals surface area contributed by atoms with Crippen LogP contribution in [0.4, 0.5) is 23.8 Å². The van der Waals surface area contributed by atoms with Crippen molar-refractivity contribution >= 4 is 29.7 Å². The Kier molecular flexibility index (Phi) is 12.2. The third-order valence-corrected chi connectivity index (χ3v) is 4.54. The number of aromatic nitrogens is 1. The van der Waals surface area contributed by atoms with Crippen molar-refractivity contribution in [2.24, 2.45) is 5.73 Å². The molecule has 2 amide bonds. The number of rotatable bonds is 6. The highest BCUT2D eigenvalue weighted by Gasteiger charge is 2.48. The van der Waals surface area contributed by atoms with Crippen LogP contribution in [0, 0.1) is 0 Å². The number of methoxy groups -OCH3 is 1. The van der Waals surface area contributed by atoms with Crippen LogP contribution in [0.25, 0.3) is 0 Å². The van der Waals surface area contributed by atoms with Crippen molar-refractivity contribution in [2.45, 2.75) is 18.3 Å². The van der Waals surface area contributed by atoms with Gasteiger partial charge in [0.15, 0.2) is 0 Å². The van der Waals surface area contributed by atoms with E-state index in [4.69, 9.17) is 21.1 Å². The molecule has 2 unspecified atom stereocenters. The number of pyridine rings is 1. The van der Waals surface area contributed by atoms with Crippen LogP contribution in [-0.2, 0) is 9.53 Å². The highest BCUT2D eigenvalue weighted by Crippen LogP contribution is 2.30. The molecule has 0 bridgehead atoms. The van der Waals surface area contributed by atoms with Crippen LogP contribution < -0.4 is 16.4 Å². The Hall–Kier alpha value is -2.89. The lowest BCUT2D eigenvalue weighted by molar-refractivity contribution is -0.150. The average molecular weight is 490 g/mol. The van der Waals surface area contributed by atoms with Crippen molar-refractivity contribution in [1.82, 2.24) is 15.2 Å². The van der Waals surface area contributed by atoms with Crippen molar-refractivity contribution < 1.29 is 27.5 Å². The Morgan fingerprint density at radius 2 is 2.00 bits per heavy atom. The molecule has 0 radical (unpaired) electrons. The lowest BCUT2D eigenvalue weighted by Gasteiger charge is -2.27. The number of carbonyl (C=O) groups is 2. The third kappa shape index (κ3) is 9.64. The van der Waals surface area contributed by atoms with Gasteiger partial charge in [-0.05, 0) is 29.8 Å². The molecule has 2 heterocycles. The minimum Gasteiger partial charge on any atom is -0.382 e. The number of carbonyl (C=O) groups excluding carboxylic acids is 2. The van der Waals surface area contributed by atoms with Gasteiger partial charge in [0.1, 0.15) is 18.1 Å². The molecule has 0 saturated carbocycles. The summed E-state index contributed by atoms with van der Waals surface area (Å²) in [6.45, 7) is -0.223. The molecule has 1 aliphatic rings. The van der Waals surface area contributed by atoms with Crippen LogP contribution in [-0.4, -0.2) is 68.3 Å². The Morgan fingerprint density at radius 1 is 1.36 bits per heavy atom. The molecule has 182 valence electrons. The summed E-state index contributed by atoms with van der Waals surface area (Å²) in [5.74, 6) is 0.561. The molecule has 4 N–H and O–H groups in total. The van der Waals surface area contributed by atoms with E-state index < -0.39 is 30.8 Å². The second kappa shape index (κ2) is 14.3. The van der Waals surface area contributed by atoms with Gasteiger partial charge < -0.3 is 30.8 Å². The first-order valence-electron chi connectivity index (χ1n) is 9.78. The van der Waals surface area contributed by atoms with Gasteiger partial charge in [0.25, 0.3) is 0 Å². The number of amides is 2. The van der Waals surface area contributed by atoms with Crippen molar-refractivity contribution in [1.29, 1.82) is 0 Å². The number of hydrogen-bond acceptors (Lipinski definition) is 6.